The summed E-state index contributed by atoms with van der Waals surface area (Å²) >= 11 is 0. The first-order valence-corrected chi connectivity index (χ1v) is 5.48. The smallest absolute Gasteiger partial charge is 0.0739 e. The van der Waals surface area contributed by atoms with E-state index in [1.165, 1.54) is 34.9 Å². The first-order chi connectivity index (χ1) is 7.45. The molecule has 0 amide bonds. The van der Waals surface area contributed by atoms with Crippen molar-refractivity contribution in [3.8, 4) is 0 Å². The van der Waals surface area contributed by atoms with Crippen molar-refractivity contribution in [2.45, 2.75) is 19.3 Å². The van der Waals surface area contributed by atoms with Gasteiger partial charge in [-0.1, -0.05) is 30.4 Å². The van der Waals surface area contributed by atoms with E-state index < -0.39 is 0 Å². The van der Waals surface area contributed by atoms with Gasteiger partial charge in [0.2, 0.25) is 0 Å². The van der Waals surface area contributed by atoms with Crippen LogP contribution in [0.4, 0.5) is 0 Å². The summed E-state index contributed by atoms with van der Waals surface area (Å²) < 4.78 is 0. The van der Waals surface area contributed by atoms with Crippen molar-refractivity contribution in [3.63, 3.8) is 0 Å². The van der Waals surface area contributed by atoms with Gasteiger partial charge in [0.1, 0.15) is 0 Å². The zero-order valence-electron chi connectivity index (χ0n) is 8.61. The number of aromatic nitrogens is 1. The van der Waals surface area contributed by atoms with E-state index in [2.05, 4.69) is 35.3 Å². The fraction of sp³-hybridized carbons (Fsp3) is 0.214. The molecule has 1 nitrogen and oxygen atoms in total. The highest BCUT2D eigenvalue weighted by Crippen LogP contribution is 2.25. The van der Waals surface area contributed by atoms with E-state index in [0.29, 0.717) is 0 Å². The maximum Gasteiger partial charge on any atom is 0.0739 e. The minimum absolute atomic E-state index is 1.15. The first kappa shape index (κ1) is 8.66. The zero-order valence-corrected chi connectivity index (χ0v) is 8.61. The summed E-state index contributed by atoms with van der Waals surface area (Å²) in [4.78, 5) is 4.50. The molecule has 1 heterocycles. The topological polar surface area (TPSA) is 12.9 Å². The predicted octanol–water partition coefficient (Wildman–Crippen LogP) is 3.58. The van der Waals surface area contributed by atoms with E-state index in [-0.39, 0.29) is 0 Å². The zero-order chi connectivity index (χ0) is 10.1. The molecule has 3 rings (SSSR count). The lowest BCUT2D eigenvalue weighted by molar-refractivity contribution is 0.855. The number of pyridine rings is 1. The molecule has 1 aromatic heterocycles. The van der Waals surface area contributed by atoms with Gasteiger partial charge < -0.3 is 0 Å². The Morgan fingerprint density at radius 3 is 3.13 bits per heavy atom. The third-order valence-corrected chi connectivity index (χ3v) is 3.01. The Labute approximate surface area is 89.5 Å². The van der Waals surface area contributed by atoms with Gasteiger partial charge in [0.15, 0.2) is 0 Å². The third-order valence-electron chi connectivity index (χ3n) is 3.01. The van der Waals surface area contributed by atoms with Crippen molar-refractivity contribution in [1.29, 1.82) is 0 Å². The number of allylic oxidation sites excluding steroid dienone is 1. The fourth-order valence-electron chi connectivity index (χ4n) is 2.25. The maximum absolute atomic E-state index is 4.50. The molecule has 0 aliphatic heterocycles. The Balaban J connectivity index is 2.33. The Kier molecular flexibility index (Phi) is 2.02. The molecule has 15 heavy (non-hydrogen) atoms. The second-order valence-electron chi connectivity index (χ2n) is 4.00. The molecule has 0 N–H and O–H groups in total. The number of fused-ring (bicyclic) bond motifs is 3. The molecule has 0 bridgehead atoms. The van der Waals surface area contributed by atoms with Crippen LogP contribution in [0, 0.1) is 0 Å². The lowest BCUT2D eigenvalue weighted by Gasteiger charge is -2.07. The van der Waals surface area contributed by atoms with Crippen LogP contribution >= 0.6 is 0 Å². The molecular weight excluding hydrogens is 182 g/mol. The molecule has 0 fully saturated rings. The van der Waals surface area contributed by atoms with E-state index in [0.717, 1.165) is 6.42 Å². The van der Waals surface area contributed by atoms with Gasteiger partial charge in [-0.2, -0.15) is 0 Å². The van der Waals surface area contributed by atoms with Crippen LogP contribution in [-0.2, 0) is 6.42 Å². The summed E-state index contributed by atoms with van der Waals surface area (Å²) in [6.45, 7) is 0. The predicted molar refractivity (Wildman–Crippen MR) is 63.7 cm³/mol. The van der Waals surface area contributed by atoms with Crippen LogP contribution in [0.2, 0.25) is 0 Å². The monoisotopic (exact) mass is 195 g/mol. The number of nitrogens with zero attached hydrogens (tertiary/aromatic N) is 1. The summed E-state index contributed by atoms with van der Waals surface area (Å²) in [5.74, 6) is 0. The first-order valence-electron chi connectivity index (χ1n) is 5.48. The second kappa shape index (κ2) is 3.50. The third kappa shape index (κ3) is 1.44. The second-order valence-corrected chi connectivity index (χ2v) is 4.00. The van der Waals surface area contributed by atoms with E-state index in [1.54, 1.807) is 0 Å². The minimum Gasteiger partial charge on any atom is -0.256 e. The Morgan fingerprint density at radius 1 is 1.13 bits per heavy atom. The van der Waals surface area contributed by atoms with Gasteiger partial charge in [-0.3, -0.25) is 4.98 Å². The van der Waals surface area contributed by atoms with Crippen LogP contribution in [0.15, 0.2) is 36.5 Å². The normalized spacial score (nSPS) is 14.9. The molecule has 0 radical (unpaired) electrons. The van der Waals surface area contributed by atoms with Gasteiger partial charge in [-0.25, -0.2) is 0 Å². The minimum atomic E-state index is 1.15. The fourth-order valence-corrected chi connectivity index (χ4v) is 2.25. The molecule has 1 aromatic carbocycles. The Morgan fingerprint density at radius 2 is 2.13 bits per heavy atom. The summed E-state index contributed by atoms with van der Waals surface area (Å²) in [6, 6.07) is 8.51. The molecule has 0 saturated heterocycles. The van der Waals surface area contributed by atoms with Crippen molar-refractivity contribution in [2.75, 3.05) is 0 Å². The molecule has 2 aromatic rings. The van der Waals surface area contributed by atoms with Crippen LogP contribution in [0.1, 0.15) is 24.0 Å². The van der Waals surface area contributed by atoms with Gasteiger partial charge in [0, 0.05) is 11.6 Å². The molecule has 0 saturated carbocycles. The van der Waals surface area contributed by atoms with Crippen LogP contribution in [0.3, 0.4) is 0 Å². The average molecular weight is 195 g/mol. The van der Waals surface area contributed by atoms with Crippen LogP contribution in [0.5, 0.6) is 0 Å². The molecule has 1 aliphatic rings. The summed E-state index contributed by atoms with van der Waals surface area (Å²) in [5, 5.41) is 1.26. The highest BCUT2D eigenvalue weighted by Gasteiger charge is 2.08. The lowest BCUT2D eigenvalue weighted by atomic mass is 10.0. The quantitative estimate of drug-likeness (QED) is 0.626. The van der Waals surface area contributed by atoms with E-state index >= 15 is 0 Å². The summed E-state index contributed by atoms with van der Waals surface area (Å²) in [5.41, 5.74) is 3.95. The van der Waals surface area contributed by atoms with E-state index in [9.17, 15) is 0 Å². The highest BCUT2D eigenvalue weighted by atomic mass is 14.6. The highest BCUT2D eigenvalue weighted by molar-refractivity contribution is 5.85. The van der Waals surface area contributed by atoms with Gasteiger partial charge in [-0.15, -0.1) is 0 Å². The number of hydrogen-bond donors (Lipinski definition) is 0. The largest absolute Gasteiger partial charge is 0.256 e. The molecule has 0 spiro atoms. The number of hydrogen-bond acceptors (Lipinski definition) is 1. The standard InChI is InChI=1S/C14H13N/c1-2-5-11-8-9-12-6-4-10-15-14(12)13(11)7-3-1/h2,4-6,8-10H,1,3,7H2. The van der Waals surface area contributed by atoms with Gasteiger partial charge in [0.25, 0.3) is 0 Å². The lowest BCUT2D eigenvalue weighted by Crippen LogP contribution is -1.92. The van der Waals surface area contributed by atoms with Gasteiger partial charge in [-0.05, 0) is 36.5 Å². The molecule has 0 atom stereocenters. The Hall–Kier alpha value is -1.63. The van der Waals surface area contributed by atoms with Crippen molar-refractivity contribution < 1.29 is 0 Å². The maximum atomic E-state index is 4.50. The molecule has 0 unspecified atom stereocenters. The SMILES string of the molecule is C1=Cc2ccc3cccnc3c2CCC1. The Bertz CT molecular complexity index is 526. The van der Waals surface area contributed by atoms with Crippen LogP contribution < -0.4 is 0 Å². The van der Waals surface area contributed by atoms with Gasteiger partial charge >= 0.3 is 0 Å². The van der Waals surface area contributed by atoms with Crippen LogP contribution in [-0.4, -0.2) is 4.98 Å². The molecule has 1 aliphatic carbocycles. The van der Waals surface area contributed by atoms with Crippen molar-refractivity contribution in [2.24, 2.45) is 0 Å². The average Bonchev–Trinajstić information content (AvgIpc) is 2.54. The van der Waals surface area contributed by atoms with Crippen molar-refractivity contribution in [1.82, 2.24) is 4.98 Å². The summed E-state index contributed by atoms with van der Waals surface area (Å²) in [7, 11) is 0. The number of aryl methyl sites for hydroxylation is 1. The van der Waals surface area contributed by atoms with E-state index in [4.69, 9.17) is 0 Å². The number of benzene rings is 1. The van der Waals surface area contributed by atoms with Crippen molar-refractivity contribution >= 4 is 17.0 Å². The van der Waals surface area contributed by atoms with Crippen LogP contribution in [0.25, 0.3) is 17.0 Å². The summed E-state index contributed by atoms with van der Waals surface area (Å²) in [6.07, 6.45) is 9.95. The molecule has 74 valence electrons. The molecule has 1 heteroatoms. The van der Waals surface area contributed by atoms with E-state index in [1.807, 2.05) is 12.3 Å². The van der Waals surface area contributed by atoms with Gasteiger partial charge in [0.05, 0.1) is 5.52 Å². The van der Waals surface area contributed by atoms with Crippen molar-refractivity contribution in [3.05, 3.63) is 47.7 Å². The number of rotatable bonds is 0. The molecular formula is C14H13N.